The highest BCUT2D eigenvalue weighted by Crippen LogP contribution is 2.59. The van der Waals surface area contributed by atoms with E-state index in [4.69, 9.17) is 22.3 Å². The maximum Gasteiger partial charge on any atom is 0.436 e. The molecule has 224 valence electrons. The van der Waals surface area contributed by atoms with Gasteiger partial charge in [-0.3, -0.25) is 14.5 Å². The second-order valence-corrected chi connectivity index (χ2v) is 11.1. The maximum absolute atomic E-state index is 15.1. The molecule has 0 radical (unpaired) electrons. The topological polar surface area (TPSA) is 149 Å². The summed E-state index contributed by atoms with van der Waals surface area (Å²) in [4.78, 5) is 25.4. The monoisotopic (exact) mass is 624 g/mol. The molecule has 5 heterocycles. The average molecular weight is 625 g/mol. The van der Waals surface area contributed by atoms with Crippen molar-refractivity contribution in [3.8, 4) is 16.9 Å². The molecule has 4 aromatic heterocycles. The molecule has 0 saturated heterocycles. The van der Waals surface area contributed by atoms with Gasteiger partial charge in [0.05, 0.1) is 23.6 Å². The lowest BCUT2D eigenvalue weighted by Crippen LogP contribution is -2.27. The highest BCUT2D eigenvalue weighted by atomic mass is 35.5. The van der Waals surface area contributed by atoms with Gasteiger partial charge in [0.1, 0.15) is 17.3 Å². The van der Waals surface area contributed by atoms with Crippen LogP contribution in [0.15, 0.2) is 47.9 Å². The van der Waals surface area contributed by atoms with Gasteiger partial charge < -0.3 is 10.7 Å². The molecule has 44 heavy (non-hydrogen) atoms. The molecule has 1 aromatic carbocycles. The van der Waals surface area contributed by atoms with Crippen LogP contribution >= 0.6 is 11.6 Å². The normalized spacial score (nSPS) is 19.0. The van der Waals surface area contributed by atoms with Crippen molar-refractivity contribution in [3.63, 3.8) is 0 Å². The van der Waals surface area contributed by atoms with Crippen LogP contribution in [0.1, 0.15) is 52.7 Å². The minimum Gasteiger partial charge on any atom is -0.382 e. The molecule has 4 N–H and O–H groups in total. The van der Waals surface area contributed by atoms with E-state index in [1.54, 1.807) is 19.1 Å². The third kappa shape index (κ3) is 4.51. The van der Waals surface area contributed by atoms with Gasteiger partial charge in [-0.05, 0) is 49.1 Å². The number of hydrogen-bond donors (Lipinski definition) is 3. The standard InChI is InChI=1S/C28H21ClF4N10O/c1-11(3-5-14-12(2)38-40-25(14)34)22-24(30)37-26(36-22)23-15-8-16(15)27-35-18(9-21(44)43(23)27)17-7-13(29)4-6-19(17)42-10-20(39-41-42)28(31,32)33/h3-7,9-10,15-16,23H,1,8H2,2H3,(H,36,37)(H3,34,38,40)/b5-3-. The zero-order valence-corrected chi connectivity index (χ0v) is 23.4. The van der Waals surface area contributed by atoms with E-state index in [1.807, 2.05) is 0 Å². The van der Waals surface area contributed by atoms with Gasteiger partial charge in [-0.25, -0.2) is 14.6 Å². The summed E-state index contributed by atoms with van der Waals surface area (Å²) in [5.41, 5.74) is 6.71. The molecule has 5 aromatic rings. The predicted octanol–water partition coefficient (Wildman–Crippen LogP) is 5.07. The van der Waals surface area contributed by atoms with Crippen LogP contribution in [-0.4, -0.2) is 44.7 Å². The summed E-state index contributed by atoms with van der Waals surface area (Å²) >= 11 is 6.23. The number of fused-ring (bicyclic) bond motifs is 3. The maximum atomic E-state index is 15.1. The van der Waals surface area contributed by atoms with Crippen LogP contribution in [0.4, 0.5) is 23.4 Å². The first kappa shape index (κ1) is 27.8. The number of imidazole rings is 1. The van der Waals surface area contributed by atoms with Crippen LogP contribution in [0, 0.1) is 18.8 Å². The summed E-state index contributed by atoms with van der Waals surface area (Å²) < 4.78 is 57.1. The Morgan fingerprint density at radius 2 is 2.05 bits per heavy atom. The molecule has 3 atom stereocenters. The third-order valence-electron chi connectivity index (χ3n) is 7.85. The van der Waals surface area contributed by atoms with Crippen molar-refractivity contribution in [1.29, 1.82) is 0 Å². The van der Waals surface area contributed by atoms with Crippen LogP contribution < -0.4 is 11.3 Å². The summed E-state index contributed by atoms with van der Waals surface area (Å²) in [6.45, 7) is 5.74. The van der Waals surface area contributed by atoms with Crippen LogP contribution in [0.3, 0.4) is 0 Å². The number of aryl methyl sites for hydroxylation is 1. The molecule has 1 saturated carbocycles. The zero-order chi connectivity index (χ0) is 31.1. The number of hydrogen-bond acceptors (Lipinski definition) is 7. The van der Waals surface area contributed by atoms with Gasteiger partial charge in [0.15, 0.2) is 11.5 Å². The lowest BCUT2D eigenvalue weighted by Gasteiger charge is -2.17. The molecule has 0 bridgehead atoms. The Hall–Kier alpha value is -5.05. The van der Waals surface area contributed by atoms with Gasteiger partial charge in [-0.2, -0.15) is 22.7 Å². The fourth-order valence-corrected chi connectivity index (χ4v) is 5.82. The fourth-order valence-electron chi connectivity index (χ4n) is 5.65. The summed E-state index contributed by atoms with van der Waals surface area (Å²) in [6.07, 6.45) is 0.00994. The quantitative estimate of drug-likeness (QED) is 0.176. The smallest absolute Gasteiger partial charge is 0.382 e. The summed E-state index contributed by atoms with van der Waals surface area (Å²) in [6, 6.07) is 5.11. The molecular weight excluding hydrogens is 604 g/mol. The van der Waals surface area contributed by atoms with Crippen molar-refractivity contribution in [2.24, 2.45) is 5.92 Å². The van der Waals surface area contributed by atoms with Crippen LogP contribution in [0.2, 0.25) is 5.02 Å². The molecule has 3 unspecified atom stereocenters. The molecule has 0 amide bonds. The Morgan fingerprint density at radius 3 is 2.75 bits per heavy atom. The highest BCUT2D eigenvalue weighted by molar-refractivity contribution is 6.31. The summed E-state index contributed by atoms with van der Waals surface area (Å²) in [7, 11) is 0. The minimum atomic E-state index is -4.69. The largest absolute Gasteiger partial charge is 0.436 e. The number of nitrogens with zero attached hydrogens (tertiary/aromatic N) is 7. The van der Waals surface area contributed by atoms with Crippen molar-refractivity contribution in [1.82, 2.24) is 44.7 Å². The van der Waals surface area contributed by atoms with Gasteiger partial charge in [-0.15, -0.1) is 5.10 Å². The number of H-pyrrole nitrogens is 2. The minimum absolute atomic E-state index is 0.0514. The molecule has 16 heteroatoms. The fraction of sp³-hybridized carbons (Fsp3) is 0.214. The zero-order valence-electron chi connectivity index (χ0n) is 22.7. The number of benzene rings is 1. The second-order valence-electron chi connectivity index (χ2n) is 10.7. The number of nitrogens with two attached hydrogens (primary N) is 1. The lowest BCUT2D eigenvalue weighted by molar-refractivity contribution is -0.141. The number of aromatic amines is 2. The number of allylic oxidation sites excluding steroid dienone is 2. The number of aromatic nitrogens is 9. The van der Waals surface area contributed by atoms with E-state index >= 15 is 4.39 Å². The molecule has 1 aliphatic heterocycles. The van der Waals surface area contributed by atoms with E-state index in [0.717, 1.165) is 16.6 Å². The summed E-state index contributed by atoms with van der Waals surface area (Å²) in [5.74, 6) is 0.0908. The molecule has 2 aliphatic rings. The van der Waals surface area contributed by atoms with E-state index in [-0.39, 0.29) is 39.8 Å². The molecule has 0 spiro atoms. The van der Waals surface area contributed by atoms with Gasteiger partial charge in [-0.1, -0.05) is 29.5 Å². The van der Waals surface area contributed by atoms with E-state index in [1.165, 1.54) is 28.8 Å². The van der Waals surface area contributed by atoms with Gasteiger partial charge in [0.2, 0.25) is 5.95 Å². The second kappa shape index (κ2) is 9.74. The number of rotatable bonds is 6. The van der Waals surface area contributed by atoms with Crippen LogP contribution in [0.5, 0.6) is 0 Å². The van der Waals surface area contributed by atoms with E-state index in [0.29, 0.717) is 34.8 Å². The Morgan fingerprint density at radius 1 is 1.25 bits per heavy atom. The van der Waals surface area contributed by atoms with Crippen molar-refractivity contribution in [2.45, 2.75) is 31.5 Å². The SMILES string of the molecule is C=C(/C=C\c1c(N)n[nH]c1C)c1[nH]c(C2C3CC3c3nc(-c4cc(Cl)ccc4-n4cc(C(F)(F)F)nn4)cc(=O)n32)nc1F. The molecule has 1 fully saturated rings. The molecular formula is C28H21ClF4N10O. The van der Waals surface area contributed by atoms with Crippen molar-refractivity contribution < 1.29 is 17.6 Å². The number of halogens is 5. The number of anilines is 1. The average Bonchev–Trinajstić information content (AvgIpc) is 3.27. The van der Waals surface area contributed by atoms with Crippen molar-refractivity contribution >= 4 is 29.1 Å². The number of alkyl halides is 3. The van der Waals surface area contributed by atoms with E-state index < -0.39 is 29.4 Å². The Kier molecular flexibility index (Phi) is 6.14. The first-order valence-corrected chi connectivity index (χ1v) is 13.6. The Bertz CT molecular complexity index is 2050. The van der Waals surface area contributed by atoms with Gasteiger partial charge in [0, 0.05) is 33.8 Å². The van der Waals surface area contributed by atoms with Crippen LogP contribution in [-0.2, 0) is 6.18 Å². The molecule has 11 nitrogen and oxygen atoms in total. The number of nitrogens with one attached hydrogen (secondary N) is 2. The Labute approximate surface area is 250 Å². The summed E-state index contributed by atoms with van der Waals surface area (Å²) in [5, 5.41) is 13.8. The Balaban J connectivity index is 1.24. The first-order chi connectivity index (χ1) is 20.9. The van der Waals surface area contributed by atoms with Crippen molar-refractivity contribution in [2.75, 3.05) is 5.73 Å². The van der Waals surface area contributed by atoms with E-state index in [2.05, 4.69) is 37.1 Å². The van der Waals surface area contributed by atoms with Gasteiger partial charge in [0.25, 0.3) is 5.56 Å². The molecule has 7 rings (SSSR count). The number of nitrogen functional groups attached to an aromatic ring is 1. The predicted molar refractivity (Wildman–Crippen MR) is 152 cm³/mol. The lowest BCUT2D eigenvalue weighted by atomic mass is 10.1. The first-order valence-electron chi connectivity index (χ1n) is 13.3. The third-order valence-corrected chi connectivity index (χ3v) is 8.09. The molecule has 1 aliphatic carbocycles. The van der Waals surface area contributed by atoms with Gasteiger partial charge >= 0.3 is 6.18 Å². The van der Waals surface area contributed by atoms with Crippen LogP contribution in [0.25, 0.3) is 28.6 Å². The van der Waals surface area contributed by atoms with Crippen molar-refractivity contribution in [3.05, 3.63) is 98.7 Å². The highest BCUT2D eigenvalue weighted by Gasteiger charge is 2.55. The van der Waals surface area contributed by atoms with E-state index in [9.17, 15) is 18.0 Å².